The van der Waals surface area contributed by atoms with E-state index in [9.17, 15) is 9.59 Å². The van der Waals surface area contributed by atoms with Crippen molar-refractivity contribution in [3.05, 3.63) is 0 Å². The van der Waals surface area contributed by atoms with Crippen LogP contribution < -0.4 is 10.6 Å². The average Bonchev–Trinajstić information content (AvgIpc) is 2.20. The third-order valence-corrected chi connectivity index (χ3v) is 2.51. The number of carbonyl (C=O) groups is 2. The molecule has 0 saturated carbocycles. The first kappa shape index (κ1) is 12.0. The van der Waals surface area contributed by atoms with E-state index in [1.807, 2.05) is 0 Å². The van der Waals surface area contributed by atoms with E-state index in [-0.39, 0.29) is 17.9 Å². The topological polar surface area (TPSA) is 61.4 Å². The van der Waals surface area contributed by atoms with Crippen LogP contribution in [0.15, 0.2) is 0 Å². The van der Waals surface area contributed by atoms with E-state index < -0.39 is 0 Å². The van der Waals surface area contributed by atoms with Gasteiger partial charge in [-0.15, -0.1) is 0 Å². The lowest BCUT2D eigenvalue weighted by Gasteiger charge is -2.23. The fourth-order valence-corrected chi connectivity index (χ4v) is 1.54. The molecule has 0 aromatic heterocycles. The number of hydrogen-bond donors (Lipinski definition) is 2. The molecule has 0 radical (unpaired) electrons. The summed E-state index contributed by atoms with van der Waals surface area (Å²) in [5.74, 6) is 0.136. The summed E-state index contributed by atoms with van der Waals surface area (Å²) >= 11 is 0. The van der Waals surface area contributed by atoms with Crippen molar-refractivity contribution in [2.45, 2.75) is 25.3 Å². The molecule has 5 heteroatoms. The van der Waals surface area contributed by atoms with Crippen LogP contribution in [0.3, 0.4) is 0 Å². The minimum atomic E-state index is -0.117. The lowest BCUT2D eigenvalue weighted by atomic mass is 10.1. The summed E-state index contributed by atoms with van der Waals surface area (Å²) in [5, 5.41) is 5.89. The Bertz CT molecular complexity index is 241. The second-order valence-electron chi connectivity index (χ2n) is 3.98. The monoisotopic (exact) mass is 213 g/mol. The van der Waals surface area contributed by atoms with Crippen molar-refractivity contribution in [3.63, 3.8) is 0 Å². The Morgan fingerprint density at radius 2 is 2.33 bits per heavy atom. The highest BCUT2D eigenvalue weighted by Gasteiger charge is 2.20. The van der Waals surface area contributed by atoms with Gasteiger partial charge in [0, 0.05) is 33.6 Å². The first-order chi connectivity index (χ1) is 7.11. The number of amides is 2. The molecule has 0 aromatic carbocycles. The van der Waals surface area contributed by atoms with Gasteiger partial charge >= 0.3 is 0 Å². The van der Waals surface area contributed by atoms with E-state index in [0.717, 1.165) is 19.4 Å². The fraction of sp³-hybridized carbons (Fsp3) is 0.800. The van der Waals surface area contributed by atoms with Crippen LogP contribution in [-0.2, 0) is 9.59 Å². The predicted molar refractivity (Wildman–Crippen MR) is 57.3 cm³/mol. The van der Waals surface area contributed by atoms with E-state index in [1.54, 1.807) is 19.0 Å². The minimum absolute atomic E-state index is 0.0542. The summed E-state index contributed by atoms with van der Waals surface area (Å²) < 4.78 is 0. The number of nitrogens with zero attached hydrogens (tertiary/aromatic N) is 1. The predicted octanol–water partition coefficient (Wildman–Crippen LogP) is -0.667. The number of rotatable bonds is 4. The molecular formula is C10H19N3O2. The number of piperidine rings is 1. The molecule has 1 unspecified atom stereocenters. The van der Waals surface area contributed by atoms with Crippen molar-refractivity contribution in [3.8, 4) is 0 Å². The maximum atomic E-state index is 11.3. The third-order valence-electron chi connectivity index (χ3n) is 2.51. The van der Waals surface area contributed by atoms with Crippen molar-refractivity contribution in [2.24, 2.45) is 0 Å². The van der Waals surface area contributed by atoms with E-state index in [4.69, 9.17) is 0 Å². The standard InChI is InChI=1S/C10H19N3O2/c1-13(2)9(14)5-7-11-8-4-3-6-12-10(8)15/h8,11H,3-7H2,1-2H3,(H,12,15). The smallest absolute Gasteiger partial charge is 0.237 e. The van der Waals surface area contributed by atoms with Gasteiger partial charge in [-0.2, -0.15) is 0 Å². The molecule has 0 aromatic rings. The molecule has 1 atom stereocenters. The molecule has 0 bridgehead atoms. The molecule has 0 aliphatic carbocycles. The van der Waals surface area contributed by atoms with Gasteiger partial charge in [0.25, 0.3) is 0 Å². The zero-order chi connectivity index (χ0) is 11.3. The Morgan fingerprint density at radius 1 is 1.60 bits per heavy atom. The molecule has 1 saturated heterocycles. The first-order valence-electron chi connectivity index (χ1n) is 5.32. The highest BCUT2D eigenvalue weighted by Crippen LogP contribution is 2.02. The van der Waals surface area contributed by atoms with Crippen LogP contribution in [0.2, 0.25) is 0 Å². The molecule has 1 aliphatic rings. The van der Waals surface area contributed by atoms with Crippen LogP contribution in [-0.4, -0.2) is 49.9 Å². The van der Waals surface area contributed by atoms with Crippen LogP contribution in [0.4, 0.5) is 0 Å². The molecule has 86 valence electrons. The molecule has 15 heavy (non-hydrogen) atoms. The highest BCUT2D eigenvalue weighted by molar-refractivity contribution is 5.82. The van der Waals surface area contributed by atoms with Crippen LogP contribution >= 0.6 is 0 Å². The van der Waals surface area contributed by atoms with Gasteiger partial charge in [0.05, 0.1) is 6.04 Å². The van der Waals surface area contributed by atoms with Gasteiger partial charge in [-0.05, 0) is 12.8 Å². The van der Waals surface area contributed by atoms with Gasteiger partial charge in [0.2, 0.25) is 11.8 Å². The molecule has 2 amide bonds. The fourth-order valence-electron chi connectivity index (χ4n) is 1.54. The molecule has 1 aliphatic heterocycles. The summed E-state index contributed by atoms with van der Waals surface area (Å²) in [6.07, 6.45) is 2.31. The molecule has 2 N–H and O–H groups in total. The molecule has 1 heterocycles. The van der Waals surface area contributed by atoms with E-state index in [0.29, 0.717) is 13.0 Å². The molecule has 0 spiro atoms. The van der Waals surface area contributed by atoms with E-state index in [1.165, 1.54) is 0 Å². The molecule has 1 rings (SSSR count). The largest absolute Gasteiger partial charge is 0.355 e. The van der Waals surface area contributed by atoms with Crippen molar-refractivity contribution >= 4 is 11.8 Å². The second kappa shape index (κ2) is 5.70. The molecule has 5 nitrogen and oxygen atoms in total. The zero-order valence-electron chi connectivity index (χ0n) is 9.38. The normalized spacial score (nSPS) is 20.9. The third kappa shape index (κ3) is 3.87. The van der Waals surface area contributed by atoms with Gasteiger partial charge in [0.15, 0.2) is 0 Å². The second-order valence-corrected chi connectivity index (χ2v) is 3.98. The van der Waals surface area contributed by atoms with Crippen molar-refractivity contribution in [2.75, 3.05) is 27.2 Å². The van der Waals surface area contributed by atoms with Gasteiger partial charge < -0.3 is 15.5 Å². The number of nitrogens with one attached hydrogen (secondary N) is 2. The summed E-state index contributed by atoms with van der Waals surface area (Å²) in [6, 6.07) is -0.117. The Hall–Kier alpha value is -1.10. The summed E-state index contributed by atoms with van der Waals surface area (Å²) in [6.45, 7) is 1.34. The van der Waals surface area contributed by atoms with Crippen LogP contribution in [0.25, 0.3) is 0 Å². The van der Waals surface area contributed by atoms with E-state index in [2.05, 4.69) is 10.6 Å². The Labute approximate surface area is 90.2 Å². The quantitative estimate of drug-likeness (QED) is 0.651. The maximum absolute atomic E-state index is 11.3. The molecular weight excluding hydrogens is 194 g/mol. The van der Waals surface area contributed by atoms with Crippen LogP contribution in [0.5, 0.6) is 0 Å². The van der Waals surface area contributed by atoms with Crippen molar-refractivity contribution < 1.29 is 9.59 Å². The van der Waals surface area contributed by atoms with Gasteiger partial charge in [-0.25, -0.2) is 0 Å². The number of hydrogen-bond acceptors (Lipinski definition) is 3. The highest BCUT2D eigenvalue weighted by atomic mass is 16.2. The Kier molecular flexibility index (Phi) is 4.55. The van der Waals surface area contributed by atoms with Crippen molar-refractivity contribution in [1.82, 2.24) is 15.5 Å². The van der Waals surface area contributed by atoms with Gasteiger partial charge in [-0.1, -0.05) is 0 Å². The van der Waals surface area contributed by atoms with Gasteiger partial charge in [-0.3, -0.25) is 9.59 Å². The Morgan fingerprint density at radius 3 is 2.93 bits per heavy atom. The first-order valence-corrected chi connectivity index (χ1v) is 5.32. The molecule has 1 fully saturated rings. The van der Waals surface area contributed by atoms with Gasteiger partial charge in [0.1, 0.15) is 0 Å². The van der Waals surface area contributed by atoms with Crippen LogP contribution in [0, 0.1) is 0 Å². The SMILES string of the molecule is CN(C)C(=O)CCNC1CCCNC1=O. The van der Waals surface area contributed by atoms with Crippen molar-refractivity contribution in [1.29, 1.82) is 0 Å². The lowest BCUT2D eigenvalue weighted by Crippen LogP contribution is -2.48. The minimum Gasteiger partial charge on any atom is -0.355 e. The van der Waals surface area contributed by atoms with E-state index >= 15 is 0 Å². The number of carbonyl (C=O) groups excluding carboxylic acids is 2. The maximum Gasteiger partial charge on any atom is 0.237 e. The zero-order valence-corrected chi connectivity index (χ0v) is 9.38. The average molecular weight is 213 g/mol. The lowest BCUT2D eigenvalue weighted by molar-refractivity contribution is -0.129. The summed E-state index contributed by atoms with van der Waals surface area (Å²) in [4.78, 5) is 24.1. The summed E-state index contributed by atoms with van der Waals surface area (Å²) in [5.41, 5.74) is 0. The Balaban J connectivity index is 2.19. The van der Waals surface area contributed by atoms with Crippen LogP contribution in [0.1, 0.15) is 19.3 Å². The summed E-state index contributed by atoms with van der Waals surface area (Å²) in [7, 11) is 3.46.